The number of benzene rings is 2. The van der Waals surface area contributed by atoms with Crippen molar-refractivity contribution in [3.63, 3.8) is 0 Å². The van der Waals surface area contributed by atoms with Crippen molar-refractivity contribution in [2.45, 2.75) is 11.3 Å². The van der Waals surface area contributed by atoms with Crippen LogP contribution >= 0.6 is 0 Å². The highest BCUT2D eigenvalue weighted by Gasteiger charge is 2.25. The van der Waals surface area contributed by atoms with Crippen LogP contribution in [0.15, 0.2) is 41.3 Å². The van der Waals surface area contributed by atoms with E-state index in [4.69, 9.17) is 9.47 Å². The van der Waals surface area contributed by atoms with Crippen LogP contribution < -0.4 is 19.1 Å². The van der Waals surface area contributed by atoms with E-state index in [1.165, 1.54) is 37.7 Å². The number of hydrogen-bond acceptors (Lipinski definition) is 5. The number of ether oxygens (including phenoxy) is 2. The van der Waals surface area contributed by atoms with Gasteiger partial charge in [0.05, 0.1) is 31.2 Å². The zero-order valence-electron chi connectivity index (χ0n) is 14.1. The van der Waals surface area contributed by atoms with Crippen molar-refractivity contribution in [1.29, 1.82) is 0 Å². The van der Waals surface area contributed by atoms with Gasteiger partial charge in [0.15, 0.2) is 11.5 Å². The molecule has 1 heterocycles. The number of carbonyl (C=O) groups excluding carboxylic acids is 1. The maximum atomic E-state index is 12.9. The first-order valence-electron chi connectivity index (χ1n) is 7.50. The molecule has 2 aromatic rings. The SMILES string of the molecule is COc1ccc(N(C)S(=O)(=O)c2ccc3c(c2)CC(=O)N3)cc1OC. The van der Waals surface area contributed by atoms with Crippen LogP contribution in [0.4, 0.5) is 11.4 Å². The quantitative estimate of drug-likeness (QED) is 0.880. The number of nitrogens with one attached hydrogen (secondary N) is 1. The number of amides is 1. The van der Waals surface area contributed by atoms with Crippen molar-refractivity contribution in [1.82, 2.24) is 0 Å². The number of methoxy groups -OCH3 is 2. The predicted molar refractivity (Wildman–Crippen MR) is 93.9 cm³/mol. The topological polar surface area (TPSA) is 84.9 Å². The van der Waals surface area contributed by atoms with Crippen LogP contribution in [0.2, 0.25) is 0 Å². The second kappa shape index (κ2) is 6.29. The van der Waals surface area contributed by atoms with Crippen LogP contribution in [0, 0.1) is 0 Å². The Hall–Kier alpha value is -2.74. The minimum atomic E-state index is -3.78. The van der Waals surface area contributed by atoms with Gasteiger partial charge in [-0.25, -0.2) is 8.42 Å². The summed E-state index contributed by atoms with van der Waals surface area (Å²) in [6, 6.07) is 9.49. The molecule has 0 bridgehead atoms. The van der Waals surface area contributed by atoms with Crippen molar-refractivity contribution in [2.24, 2.45) is 0 Å². The molecule has 1 N–H and O–H groups in total. The second-order valence-electron chi connectivity index (χ2n) is 5.56. The average molecular weight is 362 g/mol. The van der Waals surface area contributed by atoms with Gasteiger partial charge >= 0.3 is 0 Å². The smallest absolute Gasteiger partial charge is 0.264 e. The predicted octanol–water partition coefficient (Wildman–Crippen LogP) is 2.02. The number of rotatable bonds is 5. The van der Waals surface area contributed by atoms with Gasteiger partial charge in [-0.3, -0.25) is 9.10 Å². The normalized spacial score (nSPS) is 13.2. The van der Waals surface area contributed by atoms with Crippen molar-refractivity contribution in [3.8, 4) is 11.5 Å². The Morgan fingerprint density at radius 2 is 1.76 bits per heavy atom. The molecule has 1 aliphatic heterocycles. The molecule has 1 amide bonds. The van der Waals surface area contributed by atoms with Gasteiger partial charge in [-0.15, -0.1) is 0 Å². The van der Waals surface area contributed by atoms with E-state index in [2.05, 4.69) is 5.32 Å². The molecule has 0 saturated heterocycles. The minimum Gasteiger partial charge on any atom is -0.493 e. The third kappa shape index (κ3) is 3.00. The van der Waals surface area contributed by atoms with E-state index in [0.717, 1.165) is 0 Å². The number of fused-ring (bicyclic) bond motifs is 1. The lowest BCUT2D eigenvalue weighted by molar-refractivity contribution is -0.115. The summed E-state index contributed by atoms with van der Waals surface area (Å²) in [4.78, 5) is 11.6. The Morgan fingerprint density at radius 1 is 1.04 bits per heavy atom. The highest BCUT2D eigenvalue weighted by molar-refractivity contribution is 7.92. The zero-order chi connectivity index (χ0) is 18.2. The highest BCUT2D eigenvalue weighted by atomic mass is 32.2. The van der Waals surface area contributed by atoms with E-state index in [1.54, 1.807) is 24.3 Å². The van der Waals surface area contributed by atoms with Crippen LogP contribution in [-0.2, 0) is 21.2 Å². The van der Waals surface area contributed by atoms with Gasteiger partial charge < -0.3 is 14.8 Å². The average Bonchev–Trinajstić information content (AvgIpc) is 2.99. The van der Waals surface area contributed by atoms with Gasteiger partial charge in [0.2, 0.25) is 5.91 Å². The van der Waals surface area contributed by atoms with Gasteiger partial charge in [0.25, 0.3) is 10.0 Å². The number of nitrogens with zero attached hydrogens (tertiary/aromatic N) is 1. The third-order valence-electron chi connectivity index (χ3n) is 4.09. The molecule has 0 radical (unpaired) electrons. The van der Waals surface area contributed by atoms with Gasteiger partial charge in [-0.05, 0) is 35.9 Å². The van der Waals surface area contributed by atoms with E-state index in [9.17, 15) is 13.2 Å². The fraction of sp³-hybridized carbons (Fsp3) is 0.235. The zero-order valence-corrected chi connectivity index (χ0v) is 14.9. The lowest BCUT2D eigenvalue weighted by Gasteiger charge is -2.21. The first kappa shape index (κ1) is 17.1. The van der Waals surface area contributed by atoms with Crippen molar-refractivity contribution in [3.05, 3.63) is 42.0 Å². The molecule has 0 atom stereocenters. The molecule has 1 aliphatic rings. The van der Waals surface area contributed by atoms with E-state index in [0.29, 0.717) is 28.4 Å². The molecule has 132 valence electrons. The third-order valence-corrected chi connectivity index (χ3v) is 5.87. The lowest BCUT2D eigenvalue weighted by Crippen LogP contribution is -2.26. The lowest BCUT2D eigenvalue weighted by atomic mass is 10.2. The van der Waals surface area contributed by atoms with Crippen LogP contribution in [0.25, 0.3) is 0 Å². The fourth-order valence-electron chi connectivity index (χ4n) is 2.68. The fourth-order valence-corrected chi connectivity index (χ4v) is 3.92. The molecule has 0 spiro atoms. The number of anilines is 2. The first-order chi connectivity index (χ1) is 11.9. The standard InChI is InChI=1S/C17H18N2O5S/c1-19(12-4-7-15(23-2)16(10-12)24-3)25(21,22)13-5-6-14-11(8-13)9-17(20)18-14/h4-8,10H,9H2,1-3H3,(H,18,20). The highest BCUT2D eigenvalue weighted by Crippen LogP contribution is 2.34. The Labute approximate surface area is 146 Å². The summed E-state index contributed by atoms with van der Waals surface area (Å²) in [6.45, 7) is 0. The van der Waals surface area contributed by atoms with Crippen molar-refractivity contribution < 1.29 is 22.7 Å². The molecular formula is C17H18N2O5S. The molecule has 2 aromatic carbocycles. The molecular weight excluding hydrogens is 344 g/mol. The molecule has 8 heteroatoms. The largest absolute Gasteiger partial charge is 0.493 e. The summed E-state index contributed by atoms with van der Waals surface area (Å²) < 4.78 is 37.4. The molecule has 0 unspecified atom stereocenters. The minimum absolute atomic E-state index is 0.125. The monoisotopic (exact) mass is 362 g/mol. The summed E-state index contributed by atoms with van der Waals surface area (Å²) in [6.07, 6.45) is 0.179. The summed E-state index contributed by atoms with van der Waals surface area (Å²) in [5.74, 6) is 0.808. The Morgan fingerprint density at radius 3 is 2.44 bits per heavy atom. The Balaban J connectivity index is 1.97. The van der Waals surface area contributed by atoms with Crippen molar-refractivity contribution in [2.75, 3.05) is 30.9 Å². The van der Waals surface area contributed by atoms with E-state index in [-0.39, 0.29) is 17.2 Å². The van der Waals surface area contributed by atoms with E-state index < -0.39 is 10.0 Å². The van der Waals surface area contributed by atoms with Gasteiger partial charge in [-0.1, -0.05) is 0 Å². The molecule has 3 rings (SSSR count). The maximum Gasteiger partial charge on any atom is 0.264 e. The Bertz CT molecular complexity index is 940. The molecule has 0 aliphatic carbocycles. The maximum absolute atomic E-state index is 12.9. The number of hydrogen-bond donors (Lipinski definition) is 1. The summed E-state index contributed by atoms with van der Waals surface area (Å²) >= 11 is 0. The van der Waals surface area contributed by atoms with Crippen LogP contribution in [0.5, 0.6) is 11.5 Å². The molecule has 7 nitrogen and oxygen atoms in total. The first-order valence-corrected chi connectivity index (χ1v) is 8.94. The van der Waals surface area contributed by atoms with Gasteiger partial charge in [0, 0.05) is 18.8 Å². The van der Waals surface area contributed by atoms with Crippen molar-refractivity contribution >= 4 is 27.3 Å². The van der Waals surface area contributed by atoms with Gasteiger partial charge in [0.1, 0.15) is 0 Å². The Kier molecular flexibility index (Phi) is 4.30. The summed E-state index contributed by atoms with van der Waals surface area (Å²) in [7, 11) is 0.686. The molecule has 0 fully saturated rings. The molecule has 25 heavy (non-hydrogen) atoms. The number of sulfonamides is 1. The van der Waals surface area contributed by atoms with Gasteiger partial charge in [-0.2, -0.15) is 0 Å². The van der Waals surface area contributed by atoms with Crippen LogP contribution in [-0.4, -0.2) is 35.6 Å². The molecule has 0 saturated carbocycles. The van der Waals surface area contributed by atoms with Crippen LogP contribution in [0.1, 0.15) is 5.56 Å². The summed E-state index contributed by atoms with van der Waals surface area (Å²) in [5.41, 5.74) is 1.76. The number of carbonyl (C=O) groups is 1. The van der Waals surface area contributed by atoms with E-state index >= 15 is 0 Å². The van der Waals surface area contributed by atoms with E-state index in [1.807, 2.05) is 0 Å². The second-order valence-corrected chi connectivity index (χ2v) is 7.52. The summed E-state index contributed by atoms with van der Waals surface area (Å²) in [5, 5.41) is 2.69. The molecule has 0 aromatic heterocycles. The van der Waals surface area contributed by atoms with Crippen LogP contribution in [0.3, 0.4) is 0 Å².